The molecule has 0 atom stereocenters. The van der Waals surface area contributed by atoms with Crippen LogP contribution >= 0.6 is 0 Å². The largest absolute Gasteiger partial charge is 0.468 e. The van der Waals surface area contributed by atoms with E-state index in [-0.39, 0.29) is 5.54 Å². The van der Waals surface area contributed by atoms with Crippen molar-refractivity contribution in [2.75, 3.05) is 7.05 Å². The van der Waals surface area contributed by atoms with Gasteiger partial charge in [0.25, 0.3) is 0 Å². The summed E-state index contributed by atoms with van der Waals surface area (Å²) in [5, 5.41) is 3.50. The van der Waals surface area contributed by atoms with E-state index in [9.17, 15) is 0 Å². The van der Waals surface area contributed by atoms with Gasteiger partial charge in [0.2, 0.25) is 0 Å². The highest BCUT2D eigenvalue weighted by atomic mass is 16.3. The Balaban J connectivity index is 1.94. The van der Waals surface area contributed by atoms with Crippen LogP contribution < -0.4 is 5.32 Å². The molecule has 0 saturated carbocycles. The summed E-state index contributed by atoms with van der Waals surface area (Å²) in [6.07, 6.45) is 5.56. The summed E-state index contributed by atoms with van der Waals surface area (Å²) in [6, 6.07) is 2.04. The predicted molar refractivity (Wildman–Crippen MR) is 83.7 cm³/mol. The van der Waals surface area contributed by atoms with Gasteiger partial charge in [-0.3, -0.25) is 4.90 Å². The molecule has 0 amide bonds. The minimum atomic E-state index is 0.105. The van der Waals surface area contributed by atoms with E-state index in [0.717, 1.165) is 31.2 Å². The Morgan fingerprint density at radius 3 is 2.71 bits per heavy atom. The molecule has 0 aliphatic carbocycles. The fourth-order valence-corrected chi connectivity index (χ4v) is 2.11. The summed E-state index contributed by atoms with van der Waals surface area (Å²) < 4.78 is 7.68. The summed E-state index contributed by atoms with van der Waals surface area (Å²) in [5.41, 5.74) is 1.32. The molecular formula is C16H26N4O. The molecule has 1 N–H and O–H groups in total. The van der Waals surface area contributed by atoms with Crippen molar-refractivity contribution in [1.29, 1.82) is 0 Å². The lowest BCUT2D eigenvalue weighted by Crippen LogP contribution is -2.35. The predicted octanol–water partition coefficient (Wildman–Crippen LogP) is 2.53. The average molecular weight is 290 g/mol. The molecule has 2 aromatic rings. The van der Waals surface area contributed by atoms with Crippen molar-refractivity contribution in [3.05, 3.63) is 41.9 Å². The first kappa shape index (κ1) is 15.8. The molecule has 21 heavy (non-hydrogen) atoms. The van der Waals surface area contributed by atoms with Crippen LogP contribution in [0.25, 0.3) is 0 Å². The molecule has 5 heteroatoms. The molecule has 116 valence electrons. The minimum Gasteiger partial charge on any atom is -0.468 e. The van der Waals surface area contributed by atoms with Crippen molar-refractivity contribution in [2.45, 2.75) is 45.9 Å². The van der Waals surface area contributed by atoms with E-state index in [2.05, 4.69) is 43.0 Å². The number of imidazole rings is 1. The molecule has 0 aliphatic rings. The van der Waals surface area contributed by atoms with Crippen LogP contribution in [0.3, 0.4) is 0 Å². The van der Waals surface area contributed by atoms with E-state index >= 15 is 0 Å². The Morgan fingerprint density at radius 2 is 2.10 bits per heavy atom. The van der Waals surface area contributed by atoms with Crippen LogP contribution in [0, 0.1) is 0 Å². The van der Waals surface area contributed by atoms with Crippen molar-refractivity contribution < 1.29 is 4.42 Å². The number of aromatic nitrogens is 2. The van der Waals surface area contributed by atoms with Gasteiger partial charge in [0.1, 0.15) is 11.6 Å². The molecule has 2 rings (SSSR count). The molecule has 5 nitrogen and oxygen atoms in total. The molecule has 0 radical (unpaired) electrons. The smallest absolute Gasteiger partial charge is 0.122 e. The van der Waals surface area contributed by atoms with Gasteiger partial charge in [-0.25, -0.2) is 4.98 Å². The summed E-state index contributed by atoms with van der Waals surface area (Å²) in [5.74, 6) is 2.07. The van der Waals surface area contributed by atoms with Gasteiger partial charge in [0.15, 0.2) is 0 Å². The number of hydrogen-bond donors (Lipinski definition) is 1. The number of hydrogen-bond acceptors (Lipinski definition) is 4. The second-order valence-corrected chi connectivity index (χ2v) is 6.60. The highest BCUT2D eigenvalue weighted by molar-refractivity contribution is 5.17. The lowest BCUT2D eigenvalue weighted by molar-refractivity contribution is 0.276. The number of aryl methyl sites for hydroxylation is 1. The monoisotopic (exact) mass is 290 g/mol. The highest BCUT2D eigenvalue weighted by Crippen LogP contribution is 2.15. The SMILES string of the molecule is CN(Cc1occc1CNC(C)(C)C)Cc1nccn1C. The van der Waals surface area contributed by atoms with Crippen molar-refractivity contribution in [3.63, 3.8) is 0 Å². The van der Waals surface area contributed by atoms with Crippen LogP contribution in [0.5, 0.6) is 0 Å². The fourth-order valence-electron chi connectivity index (χ4n) is 2.11. The molecule has 0 bridgehead atoms. The van der Waals surface area contributed by atoms with Crippen LogP contribution in [-0.4, -0.2) is 27.0 Å². The molecule has 2 heterocycles. The normalized spacial score (nSPS) is 12.3. The Hall–Kier alpha value is -1.59. The van der Waals surface area contributed by atoms with E-state index < -0.39 is 0 Å². The standard InChI is InChI=1S/C16H26N4O/c1-16(2,3)18-10-13-6-9-21-14(13)11-19(4)12-15-17-7-8-20(15)5/h6-9,18H,10-12H2,1-5H3. The molecular weight excluding hydrogens is 264 g/mol. The Kier molecular flexibility index (Phi) is 4.85. The molecule has 0 spiro atoms. The first-order valence-corrected chi connectivity index (χ1v) is 7.30. The van der Waals surface area contributed by atoms with Crippen LogP contribution in [0.1, 0.15) is 37.9 Å². The van der Waals surface area contributed by atoms with Gasteiger partial charge in [-0.15, -0.1) is 0 Å². The second-order valence-electron chi connectivity index (χ2n) is 6.60. The fraction of sp³-hybridized carbons (Fsp3) is 0.562. The maximum absolute atomic E-state index is 5.64. The van der Waals surface area contributed by atoms with Gasteiger partial charge in [0.05, 0.1) is 19.4 Å². The Labute approximate surface area is 127 Å². The lowest BCUT2D eigenvalue weighted by atomic mass is 10.1. The number of nitrogens with zero attached hydrogens (tertiary/aromatic N) is 3. The average Bonchev–Trinajstić information content (AvgIpc) is 2.96. The van der Waals surface area contributed by atoms with Gasteiger partial charge in [0, 0.05) is 37.1 Å². The molecule has 0 aliphatic heterocycles. The second kappa shape index (κ2) is 6.45. The minimum absolute atomic E-state index is 0.105. The van der Waals surface area contributed by atoms with E-state index in [1.807, 2.05) is 30.1 Å². The van der Waals surface area contributed by atoms with Gasteiger partial charge in [-0.05, 0) is 33.9 Å². The molecule has 0 saturated heterocycles. The Bertz CT molecular complexity index is 565. The van der Waals surface area contributed by atoms with Crippen molar-refractivity contribution in [2.24, 2.45) is 7.05 Å². The zero-order chi connectivity index (χ0) is 15.5. The first-order valence-electron chi connectivity index (χ1n) is 7.30. The molecule has 0 unspecified atom stereocenters. The molecule has 0 aromatic carbocycles. The third-order valence-corrected chi connectivity index (χ3v) is 3.39. The summed E-state index contributed by atoms with van der Waals surface area (Å²) in [4.78, 5) is 6.56. The Morgan fingerprint density at radius 1 is 1.33 bits per heavy atom. The van der Waals surface area contributed by atoms with E-state index in [4.69, 9.17) is 4.42 Å². The molecule has 0 fully saturated rings. The lowest BCUT2D eigenvalue weighted by Gasteiger charge is -2.21. The maximum Gasteiger partial charge on any atom is 0.122 e. The van der Waals surface area contributed by atoms with Crippen LogP contribution in [-0.2, 0) is 26.7 Å². The van der Waals surface area contributed by atoms with Gasteiger partial charge >= 0.3 is 0 Å². The zero-order valence-corrected chi connectivity index (χ0v) is 13.7. The number of rotatable bonds is 6. The highest BCUT2D eigenvalue weighted by Gasteiger charge is 2.14. The van der Waals surface area contributed by atoms with Crippen molar-refractivity contribution >= 4 is 0 Å². The number of furan rings is 1. The van der Waals surface area contributed by atoms with Gasteiger partial charge in [-0.1, -0.05) is 0 Å². The number of nitrogens with one attached hydrogen (secondary N) is 1. The van der Waals surface area contributed by atoms with Gasteiger partial charge < -0.3 is 14.3 Å². The third-order valence-electron chi connectivity index (χ3n) is 3.39. The van der Waals surface area contributed by atoms with Crippen LogP contribution in [0.15, 0.2) is 29.1 Å². The first-order chi connectivity index (χ1) is 9.85. The third kappa shape index (κ3) is 4.72. The maximum atomic E-state index is 5.64. The quantitative estimate of drug-likeness (QED) is 0.888. The summed E-state index contributed by atoms with van der Waals surface area (Å²) in [7, 11) is 4.10. The molecule has 2 aromatic heterocycles. The van der Waals surface area contributed by atoms with Crippen molar-refractivity contribution in [3.8, 4) is 0 Å². The topological polar surface area (TPSA) is 46.2 Å². The van der Waals surface area contributed by atoms with E-state index in [0.29, 0.717) is 0 Å². The zero-order valence-electron chi connectivity index (χ0n) is 13.7. The van der Waals surface area contributed by atoms with E-state index in [1.54, 1.807) is 6.26 Å². The summed E-state index contributed by atoms with van der Waals surface area (Å²) >= 11 is 0. The van der Waals surface area contributed by atoms with E-state index in [1.165, 1.54) is 5.56 Å². The summed E-state index contributed by atoms with van der Waals surface area (Å²) in [6.45, 7) is 8.91. The van der Waals surface area contributed by atoms with Crippen molar-refractivity contribution in [1.82, 2.24) is 19.8 Å². The van der Waals surface area contributed by atoms with Crippen LogP contribution in [0.4, 0.5) is 0 Å². The van der Waals surface area contributed by atoms with Crippen LogP contribution in [0.2, 0.25) is 0 Å². The van der Waals surface area contributed by atoms with Gasteiger partial charge in [-0.2, -0.15) is 0 Å².